The summed E-state index contributed by atoms with van der Waals surface area (Å²) in [6.07, 6.45) is 0. The maximum atomic E-state index is 12.3. The van der Waals surface area contributed by atoms with Gasteiger partial charge in [-0.15, -0.1) is 4.98 Å². The Labute approximate surface area is 129 Å². The minimum Gasteiger partial charge on any atom is -0.370 e. The van der Waals surface area contributed by atoms with Crippen LogP contribution >= 0.6 is 0 Å². The third-order valence-electron chi connectivity index (χ3n) is 4.33. The normalized spacial score (nSPS) is 17.4. The third kappa shape index (κ3) is 2.55. The van der Waals surface area contributed by atoms with Gasteiger partial charge in [-0.05, 0) is 12.5 Å². The average molecular weight is 301 g/mol. The highest BCUT2D eigenvalue weighted by molar-refractivity contribution is 5.60. The molecule has 1 aromatic heterocycles. The lowest BCUT2D eigenvalue weighted by molar-refractivity contribution is 0.0494. The highest BCUT2D eigenvalue weighted by Gasteiger charge is 2.32. The molecule has 6 nitrogen and oxygen atoms in total. The molecule has 6 heteroatoms. The van der Waals surface area contributed by atoms with Crippen LogP contribution in [0, 0.1) is 6.92 Å². The minimum atomic E-state index is -0.269. The standard InChI is InChI=1S/C16H21N4O2/c1-12-6-4-5-7-13(12)14-17-15(18-16(21)19(14)2)20(3)8-10-22-11-9-20/h4-7H,8-11H2,1-3H3/q+1. The van der Waals surface area contributed by atoms with Crippen LogP contribution in [0.15, 0.2) is 29.1 Å². The Bertz CT molecular complexity index is 748. The van der Waals surface area contributed by atoms with Gasteiger partial charge in [0.05, 0.1) is 20.3 Å². The first kappa shape index (κ1) is 14.9. The minimum absolute atomic E-state index is 0.269. The molecular weight excluding hydrogens is 280 g/mol. The first-order chi connectivity index (χ1) is 10.5. The highest BCUT2D eigenvalue weighted by Crippen LogP contribution is 2.23. The van der Waals surface area contributed by atoms with Crippen molar-refractivity contribution in [1.29, 1.82) is 0 Å². The average Bonchev–Trinajstić information content (AvgIpc) is 2.51. The SMILES string of the molecule is Cc1ccccc1-c1nc([N+]2(C)CCOCC2)nc(=O)n1C. The van der Waals surface area contributed by atoms with Crippen molar-refractivity contribution in [2.24, 2.45) is 7.05 Å². The Hall–Kier alpha value is -2.05. The molecule has 0 spiro atoms. The molecule has 0 N–H and O–H groups in total. The van der Waals surface area contributed by atoms with Gasteiger partial charge in [0.1, 0.15) is 13.1 Å². The summed E-state index contributed by atoms with van der Waals surface area (Å²) >= 11 is 0. The highest BCUT2D eigenvalue weighted by atomic mass is 16.5. The molecule has 3 rings (SSSR count). The quantitative estimate of drug-likeness (QED) is 0.780. The summed E-state index contributed by atoms with van der Waals surface area (Å²) < 4.78 is 7.47. The largest absolute Gasteiger partial charge is 0.370 e. The van der Waals surface area contributed by atoms with Crippen molar-refractivity contribution in [1.82, 2.24) is 19.0 Å². The van der Waals surface area contributed by atoms with E-state index in [0.717, 1.165) is 24.2 Å². The van der Waals surface area contributed by atoms with Gasteiger partial charge in [0, 0.05) is 12.6 Å². The van der Waals surface area contributed by atoms with Crippen LogP contribution in [0.2, 0.25) is 0 Å². The molecule has 1 saturated heterocycles. The van der Waals surface area contributed by atoms with Crippen LogP contribution < -0.4 is 10.2 Å². The van der Waals surface area contributed by atoms with Crippen LogP contribution in [-0.4, -0.2) is 47.9 Å². The van der Waals surface area contributed by atoms with Gasteiger partial charge in [-0.1, -0.05) is 24.3 Å². The van der Waals surface area contributed by atoms with Gasteiger partial charge in [0.2, 0.25) is 0 Å². The maximum Gasteiger partial charge on any atom is 0.355 e. The summed E-state index contributed by atoms with van der Waals surface area (Å²) in [5, 5.41) is 0. The Morgan fingerprint density at radius 3 is 2.55 bits per heavy atom. The van der Waals surface area contributed by atoms with E-state index in [-0.39, 0.29) is 5.69 Å². The van der Waals surface area contributed by atoms with Gasteiger partial charge in [-0.2, -0.15) is 4.98 Å². The fraction of sp³-hybridized carbons (Fsp3) is 0.438. The number of likely N-dealkylation sites (N-methyl/N-ethyl adjacent to an activating group) is 1. The summed E-state index contributed by atoms with van der Waals surface area (Å²) in [5.74, 6) is 1.24. The van der Waals surface area contributed by atoms with Gasteiger partial charge < -0.3 is 4.74 Å². The zero-order chi connectivity index (χ0) is 15.7. The van der Waals surface area contributed by atoms with E-state index in [9.17, 15) is 4.79 Å². The number of quaternary nitrogens is 1. The van der Waals surface area contributed by atoms with Gasteiger partial charge in [-0.3, -0.25) is 9.05 Å². The number of morpholine rings is 1. The summed E-state index contributed by atoms with van der Waals surface area (Å²) in [4.78, 5) is 21.2. The smallest absolute Gasteiger partial charge is 0.355 e. The third-order valence-corrected chi connectivity index (χ3v) is 4.33. The number of aryl methyl sites for hydroxylation is 1. The molecule has 0 radical (unpaired) electrons. The van der Waals surface area contributed by atoms with Gasteiger partial charge >= 0.3 is 11.6 Å². The van der Waals surface area contributed by atoms with E-state index in [0.29, 0.717) is 29.5 Å². The van der Waals surface area contributed by atoms with Crippen LogP contribution in [0.4, 0.5) is 5.95 Å². The maximum absolute atomic E-state index is 12.3. The molecule has 0 atom stereocenters. The summed E-state index contributed by atoms with van der Waals surface area (Å²) in [7, 11) is 3.77. The molecule has 1 aromatic carbocycles. The topological polar surface area (TPSA) is 57.0 Å². The van der Waals surface area contributed by atoms with E-state index < -0.39 is 0 Å². The molecule has 0 aliphatic carbocycles. The Morgan fingerprint density at radius 1 is 1.18 bits per heavy atom. The van der Waals surface area contributed by atoms with Crippen LogP contribution in [-0.2, 0) is 11.8 Å². The molecule has 116 valence electrons. The second-order valence-corrected chi connectivity index (χ2v) is 5.96. The van der Waals surface area contributed by atoms with Gasteiger partial charge in [0.15, 0.2) is 5.82 Å². The predicted molar refractivity (Wildman–Crippen MR) is 85.7 cm³/mol. The Balaban J connectivity index is 2.16. The van der Waals surface area contributed by atoms with Crippen LogP contribution in [0.25, 0.3) is 11.4 Å². The van der Waals surface area contributed by atoms with E-state index in [1.165, 1.54) is 4.57 Å². The number of hydrogen-bond donors (Lipinski definition) is 0. The Morgan fingerprint density at radius 2 is 1.86 bits per heavy atom. The first-order valence-corrected chi connectivity index (χ1v) is 7.45. The Kier molecular flexibility index (Phi) is 3.80. The molecule has 22 heavy (non-hydrogen) atoms. The van der Waals surface area contributed by atoms with Crippen LogP contribution in [0.5, 0.6) is 0 Å². The number of nitrogens with zero attached hydrogens (tertiary/aromatic N) is 4. The predicted octanol–water partition coefficient (Wildman–Crippen LogP) is 1.12. The molecule has 1 aliphatic rings. The summed E-state index contributed by atoms with van der Waals surface area (Å²) in [5.41, 5.74) is 1.78. The second-order valence-electron chi connectivity index (χ2n) is 5.96. The number of hydrogen-bond acceptors (Lipinski definition) is 4. The molecule has 1 aliphatic heterocycles. The van der Waals surface area contributed by atoms with E-state index in [4.69, 9.17) is 9.72 Å². The fourth-order valence-corrected chi connectivity index (χ4v) is 2.70. The van der Waals surface area contributed by atoms with Crippen molar-refractivity contribution in [3.8, 4) is 11.4 Å². The molecule has 0 saturated carbocycles. The number of aromatic nitrogens is 3. The monoisotopic (exact) mass is 301 g/mol. The molecule has 1 fully saturated rings. The second kappa shape index (κ2) is 5.62. The van der Waals surface area contributed by atoms with Crippen molar-refractivity contribution >= 4 is 5.95 Å². The molecule has 0 unspecified atom stereocenters. The molecule has 2 aromatic rings. The zero-order valence-electron chi connectivity index (χ0n) is 13.2. The van der Waals surface area contributed by atoms with Crippen molar-refractivity contribution in [2.45, 2.75) is 6.92 Å². The van der Waals surface area contributed by atoms with E-state index in [1.54, 1.807) is 7.05 Å². The number of ether oxygens (including phenoxy) is 1. The van der Waals surface area contributed by atoms with Crippen LogP contribution in [0.3, 0.4) is 0 Å². The van der Waals surface area contributed by atoms with E-state index in [2.05, 4.69) is 12.0 Å². The van der Waals surface area contributed by atoms with Crippen molar-refractivity contribution < 1.29 is 4.74 Å². The lowest BCUT2D eigenvalue weighted by atomic mass is 10.1. The van der Waals surface area contributed by atoms with Gasteiger partial charge in [-0.25, -0.2) is 4.79 Å². The van der Waals surface area contributed by atoms with Gasteiger partial charge in [0.25, 0.3) is 0 Å². The summed E-state index contributed by atoms with van der Waals surface area (Å²) in [6, 6.07) is 7.95. The molecule has 0 bridgehead atoms. The molecule has 0 amide bonds. The molecular formula is C16H21N4O2+. The first-order valence-electron chi connectivity index (χ1n) is 7.45. The lowest BCUT2D eigenvalue weighted by Crippen LogP contribution is -2.55. The zero-order valence-corrected chi connectivity index (χ0v) is 13.2. The lowest BCUT2D eigenvalue weighted by Gasteiger charge is -2.34. The van der Waals surface area contributed by atoms with Crippen molar-refractivity contribution in [3.63, 3.8) is 0 Å². The fourth-order valence-electron chi connectivity index (χ4n) is 2.70. The van der Waals surface area contributed by atoms with Crippen LogP contribution in [0.1, 0.15) is 5.56 Å². The molecule has 2 heterocycles. The number of rotatable bonds is 2. The van der Waals surface area contributed by atoms with E-state index >= 15 is 0 Å². The van der Waals surface area contributed by atoms with Crippen molar-refractivity contribution in [3.05, 3.63) is 40.3 Å². The van der Waals surface area contributed by atoms with E-state index in [1.807, 2.05) is 31.2 Å². The number of benzene rings is 1. The van der Waals surface area contributed by atoms with Crippen molar-refractivity contribution in [2.75, 3.05) is 33.4 Å². The summed E-state index contributed by atoms with van der Waals surface area (Å²) in [6.45, 7) is 4.90.